The Labute approximate surface area is 187 Å². The van der Waals surface area contributed by atoms with E-state index in [0.29, 0.717) is 11.5 Å². The highest BCUT2D eigenvalue weighted by molar-refractivity contribution is 5.48. The molecule has 1 aromatic carbocycles. The van der Waals surface area contributed by atoms with Crippen LogP contribution in [0.25, 0.3) is 11.8 Å². The van der Waals surface area contributed by atoms with E-state index in [4.69, 9.17) is 11.5 Å². The third-order valence-electron chi connectivity index (χ3n) is 5.10. The van der Waals surface area contributed by atoms with Crippen LogP contribution < -0.4 is 0 Å². The van der Waals surface area contributed by atoms with Gasteiger partial charge in [-0.05, 0) is 74.8 Å². The van der Waals surface area contributed by atoms with Crippen LogP contribution in [0, 0.1) is 18.8 Å². The molecular weight excluding hydrogens is 383 g/mol. The molecule has 1 heterocycles. The minimum atomic E-state index is -0.965. The summed E-state index contributed by atoms with van der Waals surface area (Å²) in [6.07, 6.45) is 19.3. The van der Waals surface area contributed by atoms with Crippen molar-refractivity contribution in [3.8, 4) is 18.0 Å². The Morgan fingerprint density at radius 1 is 1.13 bits per heavy atom. The maximum absolute atomic E-state index is 13.5. The maximum Gasteiger partial charge on any atom is 0.122 e. The monoisotopic (exact) mass is 417 g/mol. The van der Waals surface area contributed by atoms with Crippen molar-refractivity contribution < 1.29 is 4.39 Å². The van der Waals surface area contributed by atoms with Gasteiger partial charge in [-0.1, -0.05) is 56.4 Å². The lowest BCUT2D eigenvalue weighted by atomic mass is 10.1. The first kappa shape index (κ1) is 24.4. The molecule has 31 heavy (non-hydrogen) atoms. The summed E-state index contributed by atoms with van der Waals surface area (Å²) < 4.78 is 15.5. The van der Waals surface area contributed by atoms with Gasteiger partial charge >= 0.3 is 0 Å². The average Bonchev–Trinajstić information content (AvgIpc) is 3.18. The van der Waals surface area contributed by atoms with Crippen molar-refractivity contribution in [2.24, 2.45) is 0 Å². The number of halogens is 1. The lowest BCUT2D eigenvalue weighted by molar-refractivity contribution is 0.374. The lowest BCUT2D eigenvalue weighted by Crippen LogP contribution is -2.03. The smallest absolute Gasteiger partial charge is 0.122 e. The van der Waals surface area contributed by atoms with Gasteiger partial charge in [0.1, 0.15) is 6.17 Å². The number of allylic oxidation sites excluding steroid dienone is 4. The molecule has 1 atom stereocenters. The first-order valence-corrected chi connectivity index (χ1v) is 11.0. The molecule has 0 amide bonds. The Balaban J connectivity index is 1.93. The van der Waals surface area contributed by atoms with Gasteiger partial charge in [-0.3, -0.25) is 0 Å². The molecule has 0 saturated carbocycles. The van der Waals surface area contributed by atoms with Crippen LogP contribution in [0.1, 0.15) is 81.9 Å². The number of aromatic nitrogens is 2. The van der Waals surface area contributed by atoms with Crippen molar-refractivity contribution >= 4 is 6.08 Å². The van der Waals surface area contributed by atoms with Crippen LogP contribution in [0.3, 0.4) is 0 Å². The third-order valence-corrected chi connectivity index (χ3v) is 5.10. The van der Waals surface area contributed by atoms with E-state index < -0.39 is 6.17 Å². The first-order chi connectivity index (χ1) is 14.9. The normalized spacial score (nSPS) is 12.6. The Morgan fingerprint density at radius 3 is 2.42 bits per heavy atom. The predicted octanol–water partition coefficient (Wildman–Crippen LogP) is 7.94. The predicted molar refractivity (Wildman–Crippen MR) is 131 cm³/mol. The molecule has 0 aliphatic heterocycles. The molecule has 0 N–H and O–H groups in total. The minimum Gasteiger partial charge on any atom is -0.243 e. The fourth-order valence-electron chi connectivity index (χ4n) is 3.25. The summed E-state index contributed by atoms with van der Waals surface area (Å²) in [5, 5.41) is 4.77. The van der Waals surface area contributed by atoms with Crippen molar-refractivity contribution in [2.45, 2.75) is 65.0 Å². The van der Waals surface area contributed by atoms with E-state index in [2.05, 4.69) is 56.7 Å². The van der Waals surface area contributed by atoms with Gasteiger partial charge in [0.15, 0.2) is 0 Å². The Hall–Kier alpha value is -2.86. The van der Waals surface area contributed by atoms with Gasteiger partial charge in [-0.15, -0.1) is 12.3 Å². The van der Waals surface area contributed by atoms with E-state index in [1.165, 1.54) is 5.57 Å². The van der Waals surface area contributed by atoms with Crippen molar-refractivity contribution in [2.75, 3.05) is 0 Å². The molecule has 0 aliphatic carbocycles. The summed E-state index contributed by atoms with van der Waals surface area (Å²) in [7, 11) is 0. The zero-order valence-corrected chi connectivity index (χ0v) is 19.0. The number of rotatable bonds is 12. The SMILES string of the molecule is C#C[CH]C/C=C/CCC(=C)CC/C=C/c1cc(C(C)C)n(-c2ccc(C(C)F)cc2)n1. The van der Waals surface area contributed by atoms with Crippen molar-refractivity contribution in [1.29, 1.82) is 0 Å². The fourth-order valence-corrected chi connectivity index (χ4v) is 3.25. The fraction of sp³-hybridized carbons (Fsp3) is 0.357. The zero-order valence-electron chi connectivity index (χ0n) is 19.0. The van der Waals surface area contributed by atoms with Crippen LogP contribution in [0.15, 0.2) is 60.7 Å². The van der Waals surface area contributed by atoms with Crippen LogP contribution in [-0.2, 0) is 0 Å². The highest BCUT2D eigenvalue weighted by Crippen LogP contribution is 2.23. The second-order valence-corrected chi connectivity index (χ2v) is 8.08. The molecule has 1 aromatic heterocycles. The van der Waals surface area contributed by atoms with Crippen LogP contribution >= 0.6 is 0 Å². The number of unbranched alkanes of at least 4 members (excludes halogenated alkanes) is 1. The van der Waals surface area contributed by atoms with E-state index >= 15 is 0 Å². The number of hydrogen-bond acceptors (Lipinski definition) is 1. The maximum atomic E-state index is 13.5. The van der Waals surface area contributed by atoms with Crippen LogP contribution in [0.5, 0.6) is 0 Å². The van der Waals surface area contributed by atoms with E-state index in [9.17, 15) is 4.39 Å². The summed E-state index contributed by atoms with van der Waals surface area (Å²) in [6.45, 7) is 10.0. The molecule has 1 radical (unpaired) electrons. The van der Waals surface area contributed by atoms with E-state index in [1.807, 2.05) is 35.4 Å². The van der Waals surface area contributed by atoms with Crippen molar-refractivity contribution in [3.05, 3.63) is 84.1 Å². The Bertz CT molecular complexity index is 921. The number of alkyl halides is 1. The molecule has 0 spiro atoms. The van der Waals surface area contributed by atoms with Crippen LogP contribution in [0.4, 0.5) is 4.39 Å². The van der Waals surface area contributed by atoms with Crippen molar-refractivity contribution in [3.63, 3.8) is 0 Å². The van der Waals surface area contributed by atoms with Gasteiger partial charge in [0.05, 0.1) is 11.4 Å². The van der Waals surface area contributed by atoms with E-state index in [1.54, 1.807) is 6.92 Å². The topological polar surface area (TPSA) is 17.8 Å². The van der Waals surface area contributed by atoms with Crippen LogP contribution in [0.2, 0.25) is 0 Å². The second-order valence-electron chi connectivity index (χ2n) is 8.08. The van der Waals surface area contributed by atoms with Gasteiger partial charge < -0.3 is 0 Å². The van der Waals surface area contributed by atoms with E-state index in [0.717, 1.165) is 49.2 Å². The standard InChI is InChI=1S/C28H34FN2/c1-6-7-8-9-10-11-14-23(4)15-12-13-16-26-21-28(22(2)3)31(30-26)27-19-17-25(18-20-27)24(5)29/h1,7,9-10,13,16-22,24H,4,8,11-12,14-15H2,2-3,5H3/b10-9+,16-13+. The molecule has 3 heteroatoms. The first-order valence-electron chi connectivity index (χ1n) is 11.0. The summed E-state index contributed by atoms with van der Waals surface area (Å²) in [6, 6.07) is 9.65. The molecule has 0 bridgehead atoms. The molecule has 0 saturated heterocycles. The summed E-state index contributed by atoms with van der Waals surface area (Å²) in [5.74, 6) is 2.85. The minimum absolute atomic E-state index is 0.334. The zero-order chi connectivity index (χ0) is 22.6. The largest absolute Gasteiger partial charge is 0.243 e. The van der Waals surface area contributed by atoms with E-state index in [-0.39, 0.29) is 0 Å². The van der Waals surface area contributed by atoms with Gasteiger partial charge in [-0.2, -0.15) is 5.10 Å². The van der Waals surface area contributed by atoms with Gasteiger partial charge in [-0.25, -0.2) is 9.07 Å². The Morgan fingerprint density at radius 2 is 1.81 bits per heavy atom. The van der Waals surface area contributed by atoms with Crippen molar-refractivity contribution in [1.82, 2.24) is 9.78 Å². The molecule has 163 valence electrons. The molecule has 0 fully saturated rings. The highest BCUT2D eigenvalue weighted by atomic mass is 19.1. The number of nitrogens with zero attached hydrogens (tertiary/aromatic N) is 2. The quantitative estimate of drug-likeness (QED) is 0.195. The lowest BCUT2D eigenvalue weighted by Gasteiger charge is -2.11. The molecule has 2 nitrogen and oxygen atoms in total. The third kappa shape index (κ3) is 8.06. The van der Waals surface area contributed by atoms with Crippen LogP contribution in [-0.4, -0.2) is 9.78 Å². The summed E-state index contributed by atoms with van der Waals surface area (Å²) in [4.78, 5) is 0. The van der Waals surface area contributed by atoms with Gasteiger partial charge in [0, 0.05) is 12.1 Å². The molecule has 1 unspecified atom stereocenters. The average molecular weight is 418 g/mol. The number of hydrogen-bond donors (Lipinski definition) is 0. The number of benzene rings is 1. The van der Waals surface area contributed by atoms with Gasteiger partial charge in [0.25, 0.3) is 0 Å². The molecular formula is C28H34FN2. The second kappa shape index (κ2) is 12.7. The highest BCUT2D eigenvalue weighted by Gasteiger charge is 2.12. The number of terminal acetylenes is 1. The van der Waals surface area contributed by atoms with Gasteiger partial charge in [0.2, 0.25) is 0 Å². The molecule has 0 aliphatic rings. The molecule has 2 rings (SSSR count). The summed E-state index contributed by atoms with van der Waals surface area (Å²) in [5.41, 5.74) is 4.97. The Kier molecular flexibility index (Phi) is 10.0. The summed E-state index contributed by atoms with van der Waals surface area (Å²) >= 11 is 0. The molecule has 2 aromatic rings.